The largest absolute Gasteiger partial charge is 0.480 e. The van der Waals surface area contributed by atoms with E-state index >= 15 is 0 Å². The Bertz CT molecular complexity index is 847. The molecule has 0 saturated heterocycles. The fourth-order valence-corrected chi connectivity index (χ4v) is 3.87. The van der Waals surface area contributed by atoms with Gasteiger partial charge in [0.25, 0.3) is 0 Å². The second-order valence-corrected chi connectivity index (χ2v) is 8.58. The molecule has 1 amide bonds. The van der Waals surface area contributed by atoms with E-state index in [2.05, 4.69) is 0 Å². The molecule has 0 aliphatic rings. The first-order valence-electron chi connectivity index (χ1n) is 8.60. The van der Waals surface area contributed by atoms with Crippen LogP contribution in [0.5, 0.6) is 5.75 Å². The van der Waals surface area contributed by atoms with Gasteiger partial charge in [0.2, 0.25) is 6.41 Å². The minimum Gasteiger partial charge on any atom is -0.480 e. The molecule has 1 N–H and O–H groups in total. The Morgan fingerprint density at radius 3 is 2.41 bits per heavy atom. The van der Waals surface area contributed by atoms with Gasteiger partial charge in [-0.3, -0.25) is 9.63 Å². The number of aliphatic carboxylic acids is 1. The van der Waals surface area contributed by atoms with Gasteiger partial charge in [0.1, 0.15) is 12.4 Å². The lowest BCUT2D eigenvalue weighted by Gasteiger charge is -2.25. The van der Waals surface area contributed by atoms with Crippen molar-refractivity contribution in [2.45, 2.75) is 19.1 Å². The van der Waals surface area contributed by atoms with Crippen molar-refractivity contribution in [2.75, 3.05) is 13.3 Å². The summed E-state index contributed by atoms with van der Waals surface area (Å²) in [4.78, 5) is 28.4. The van der Waals surface area contributed by atoms with Crippen LogP contribution >= 0.6 is 19.2 Å². The van der Waals surface area contributed by atoms with Gasteiger partial charge in [-0.25, -0.2) is 14.4 Å². The van der Waals surface area contributed by atoms with Crippen molar-refractivity contribution < 1.29 is 33.1 Å². The maximum atomic E-state index is 12.8. The number of carbonyl (C=O) groups excluding carboxylic acids is 1. The van der Waals surface area contributed by atoms with Gasteiger partial charge < -0.3 is 14.2 Å². The number of rotatable bonds is 12. The first kappa shape index (κ1) is 22.9. The predicted octanol–water partition coefficient (Wildman–Crippen LogP) is 3.99. The minimum atomic E-state index is -3.66. The molecule has 29 heavy (non-hydrogen) atoms. The molecule has 0 bridgehead atoms. The van der Waals surface area contributed by atoms with E-state index < -0.39 is 19.6 Å². The van der Waals surface area contributed by atoms with E-state index in [1.165, 1.54) is 19.2 Å². The predicted molar refractivity (Wildman–Crippen MR) is 107 cm³/mol. The lowest BCUT2D eigenvalue weighted by atomic mass is 10.2. The number of hydrogen-bond donors (Lipinski definition) is 1. The molecule has 0 saturated carbocycles. The molecule has 2 unspecified atom stereocenters. The normalized spacial score (nSPS) is 13.9. The summed E-state index contributed by atoms with van der Waals surface area (Å²) in [5.41, 5.74) is 0.761. The fraction of sp³-hybridized carbons (Fsp3) is 0.263. The van der Waals surface area contributed by atoms with Crippen LogP contribution in [0.25, 0.3) is 0 Å². The summed E-state index contributed by atoms with van der Waals surface area (Å²) in [5, 5.41) is 10.7. The van der Waals surface area contributed by atoms with Gasteiger partial charge >= 0.3 is 13.6 Å². The van der Waals surface area contributed by atoms with Gasteiger partial charge in [0, 0.05) is 12.1 Å². The summed E-state index contributed by atoms with van der Waals surface area (Å²) in [6, 6.07) is 13.7. The molecule has 156 valence electrons. The highest BCUT2D eigenvalue weighted by Crippen LogP contribution is 2.48. The van der Waals surface area contributed by atoms with Gasteiger partial charge in [-0.15, -0.1) is 0 Å². The van der Waals surface area contributed by atoms with E-state index in [4.69, 9.17) is 25.5 Å². The number of benzene rings is 2. The molecule has 0 fully saturated rings. The average Bonchev–Trinajstić information content (AvgIpc) is 2.72. The zero-order chi connectivity index (χ0) is 21.3. The third-order valence-electron chi connectivity index (χ3n) is 3.93. The summed E-state index contributed by atoms with van der Waals surface area (Å²) < 4.78 is 23.3. The summed E-state index contributed by atoms with van der Waals surface area (Å²) in [5.74, 6) is -1.04. The Morgan fingerprint density at radius 1 is 1.21 bits per heavy atom. The van der Waals surface area contributed by atoms with Crippen molar-refractivity contribution in [3.63, 3.8) is 0 Å². The van der Waals surface area contributed by atoms with Crippen LogP contribution in [0.1, 0.15) is 12.0 Å². The number of hydroxylamine groups is 2. The van der Waals surface area contributed by atoms with Crippen LogP contribution in [0.15, 0.2) is 54.6 Å². The average molecular weight is 442 g/mol. The van der Waals surface area contributed by atoms with Crippen molar-refractivity contribution in [1.82, 2.24) is 5.06 Å². The van der Waals surface area contributed by atoms with Crippen LogP contribution in [0.3, 0.4) is 0 Å². The molecule has 0 aliphatic heterocycles. The van der Waals surface area contributed by atoms with Crippen LogP contribution in [0.4, 0.5) is 0 Å². The zero-order valence-electron chi connectivity index (χ0n) is 15.6. The number of carboxylic acid groups (broad SMARTS) is 1. The van der Waals surface area contributed by atoms with Crippen molar-refractivity contribution in [3.8, 4) is 5.75 Å². The maximum Gasteiger partial charge on any atom is 0.379 e. The van der Waals surface area contributed by atoms with E-state index in [-0.39, 0.29) is 31.3 Å². The van der Waals surface area contributed by atoms with Crippen molar-refractivity contribution >= 4 is 31.6 Å². The first-order valence-corrected chi connectivity index (χ1v) is 10.7. The van der Waals surface area contributed by atoms with Crippen LogP contribution in [-0.2, 0) is 30.1 Å². The molecule has 0 spiro atoms. The van der Waals surface area contributed by atoms with E-state index in [0.717, 1.165) is 5.56 Å². The molecular formula is C19H21ClNO7P. The number of halogens is 1. The highest BCUT2D eigenvalue weighted by molar-refractivity contribution is 7.54. The van der Waals surface area contributed by atoms with Gasteiger partial charge in [0.05, 0.1) is 6.16 Å². The standard InChI is InChI=1S/C19H21ClNO7P/c1-26-29(25,28-17-9-7-16(20)8-10-17)12-11-18(19(23)24)21(14-22)27-13-15-5-3-2-4-6-15/h2-10,14,18H,11-13H2,1H3,(H,23,24). The van der Waals surface area contributed by atoms with E-state index in [0.29, 0.717) is 10.1 Å². The molecule has 0 aromatic heterocycles. The quantitative estimate of drug-likeness (QED) is 0.302. The monoisotopic (exact) mass is 441 g/mol. The third kappa shape index (κ3) is 7.18. The van der Waals surface area contributed by atoms with Crippen LogP contribution in [-0.4, -0.2) is 41.9 Å². The second kappa shape index (κ2) is 11.0. The highest BCUT2D eigenvalue weighted by atomic mass is 35.5. The Kier molecular flexibility index (Phi) is 8.67. The lowest BCUT2D eigenvalue weighted by Crippen LogP contribution is -2.41. The Balaban J connectivity index is 2.02. The van der Waals surface area contributed by atoms with E-state index in [9.17, 15) is 19.3 Å². The van der Waals surface area contributed by atoms with Gasteiger partial charge in [0.15, 0.2) is 6.04 Å². The molecule has 10 heteroatoms. The molecule has 2 rings (SSSR count). The van der Waals surface area contributed by atoms with E-state index in [1.807, 2.05) is 6.07 Å². The fourth-order valence-electron chi connectivity index (χ4n) is 2.39. The number of amides is 1. The number of hydrogen-bond acceptors (Lipinski definition) is 6. The van der Waals surface area contributed by atoms with Gasteiger partial charge in [-0.05, 0) is 36.2 Å². The second-order valence-electron chi connectivity index (χ2n) is 5.93. The molecule has 0 heterocycles. The Morgan fingerprint density at radius 2 is 1.86 bits per heavy atom. The molecule has 0 aliphatic carbocycles. The summed E-state index contributed by atoms with van der Waals surface area (Å²) in [6.07, 6.45) is -0.177. The van der Waals surface area contributed by atoms with E-state index in [1.54, 1.807) is 36.4 Å². The summed E-state index contributed by atoms with van der Waals surface area (Å²) in [7, 11) is -2.46. The Labute approximate surface area is 173 Å². The lowest BCUT2D eigenvalue weighted by molar-refractivity contribution is -0.200. The molecule has 8 nitrogen and oxygen atoms in total. The molecule has 2 aromatic rings. The highest BCUT2D eigenvalue weighted by Gasteiger charge is 2.32. The smallest absolute Gasteiger partial charge is 0.379 e. The summed E-state index contributed by atoms with van der Waals surface area (Å²) in [6.45, 7) is 0.00652. The Hall–Kier alpha value is -2.38. The van der Waals surface area contributed by atoms with Crippen LogP contribution < -0.4 is 4.52 Å². The van der Waals surface area contributed by atoms with Crippen molar-refractivity contribution in [3.05, 3.63) is 65.2 Å². The van der Waals surface area contributed by atoms with Crippen molar-refractivity contribution in [1.29, 1.82) is 0 Å². The zero-order valence-corrected chi connectivity index (χ0v) is 17.3. The third-order valence-corrected chi connectivity index (χ3v) is 6.04. The molecule has 2 aromatic carbocycles. The number of carbonyl (C=O) groups is 2. The first-order chi connectivity index (χ1) is 13.9. The van der Waals surface area contributed by atoms with Crippen LogP contribution in [0.2, 0.25) is 5.02 Å². The molecule has 0 radical (unpaired) electrons. The van der Waals surface area contributed by atoms with Crippen molar-refractivity contribution in [2.24, 2.45) is 0 Å². The topological polar surface area (TPSA) is 102 Å². The molecular weight excluding hydrogens is 421 g/mol. The van der Waals surface area contributed by atoms with Gasteiger partial charge in [-0.1, -0.05) is 41.9 Å². The maximum absolute atomic E-state index is 12.8. The molecule has 2 atom stereocenters. The van der Waals surface area contributed by atoms with Crippen LogP contribution in [0, 0.1) is 0 Å². The minimum absolute atomic E-state index is 0.00652. The summed E-state index contributed by atoms with van der Waals surface area (Å²) >= 11 is 5.81. The number of nitrogens with zero attached hydrogens (tertiary/aromatic N) is 1. The SMILES string of the molecule is COP(=O)(CCC(C(=O)O)N(C=O)OCc1ccccc1)Oc1ccc(Cl)cc1. The number of carboxylic acids is 1. The van der Waals surface area contributed by atoms with Gasteiger partial charge in [-0.2, -0.15) is 0 Å².